The average Bonchev–Trinajstić information content (AvgIpc) is 2.75. The van der Waals surface area contributed by atoms with Crippen LogP contribution in [0.2, 0.25) is 20.1 Å². The number of hydrogen-bond donors (Lipinski definition) is 1. The second-order valence-corrected chi connectivity index (χ2v) is 6.72. The minimum Gasteiger partial charge on any atom is -0.329 e. The van der Waals surface area contributed by atoms with Gasteiger partial charge in [0.1, 0.15) is 0 Å². The molecule has 0 saturated heterocycles. The van der Waals surface area contributed by atoms with Gasteiger partial charge in [-0.3, -0.25) is 0 Å². The van der Waals surface area contributed by atoms with Crippen LogP contribution in [-0.4, -0.2) is 4.98 Å². The van der Waals surface area contributed by atoms with Crippen molar-refractivity contribution < 1.29 is 0 Å². The van der Waals surface area contributed by atoms with Crippen molar-refractivity contribution in [1.82, 2.24) is 4.98 Å². The van der Waals surface area contributed by atoms with Crippen LogP contribution in [0.15, 0.2) is 30.3 Å². The summed E-state index contributed by atoms with van der Waals surface area (Å²) in [5, 5.41) is 5.86. The van der Waals surface area contributed by atoms with Gasteiger partial charge in [-0.05, 0) is 30.3 Å². The minimum atomic E-state index is 0.444. The van der Waals surface area contributed by atoms with E-state index in [1.807, 2.05) is 12.1 Å². The molecule has 1 heterocycles. The average molecular weight is 364 g/mol. The highest BCUT2D eigenvalue weighted by Gasteiger charge is 2.11. The number of nitrogens with zero attached hydrogens (tertiary/aromatic N) is 1. The Morgan fingerprint density at radius 2 is 1.60 bits per heavy atom. The molecule has 0 atom stereocenters. The Hall–Kier alpha value is -0.710. The van der Waals surface area contributed by atoms with Gasteiger partial charge in [0.15, 0.2) is 5.13 Å². The molecular formula is C13H6Cl4N2S. The lowest BCUT2D eigenvalue weighted by Gasteiger charge is -2.07. The van der Waals surface area contributed by atoms with E-state index < -0.39 is 0 Å². The SMILES string of the molecule is Clc1cc(Cl)c(Nc2nc3ccc(Cl)cc3s2)c(Cl)c1. The fourth-order valence-electron chi connectivity index (χ4n) is 1.72. The lowest BCUT2D eigenvalue weighted by molar-refractivity contribution is 1.44. The van der Waals surface area contributed by atoms with Gasteiger partial charge in [-0.25, -0.2) is 4.98 Å². The lowest BCUT2D eigenvalue weighted by Crippen LogP contribution is -1.91. The smallest absolute Gasteiger partial charge is 0.188 e. The van der Waals surface area contributed by atoms with Crippen molar-refractivity contribution in [3.8, 4) is 0 Å². The van der Waals surface area contributed by atoms with Crippen molar-refractivity contribution in [2.24, 2.45) is 0 Å². The number of halogens is 4. The number of anilines is 2. The molecule has 0 bridgehead atoms. The van der Waals surface area contributed by atoms with E-state index >= 15 is 0 Å². The number of nitrogens with one attached hydrogen (secondary N) is 1. The van der Waals surface area contributed by atoms with Gasteiger partial charge in [0.05, 0.1) is 25.9 Å². The van der Waals surface area contributed by atoms with Crippen LogP contribution in [0.5, 0.6) is 0 Å². The molecule has 3 aromatic rings. The maximum Gasteiger partial charge on any atom is 0.188 e. The summed E-state index contributed by atoms with van der Waals surface area (Å²) in [5.74, 6) is 0. The largest absolute Gasteiger partial charge is 0.329 e. The number of benzene rings is 2. The molecule has 1 aromatic heterocycles. The van der Waals surface area contributed by atoms with Gasteiger partial charge in [-0.15, -0.1) is 0 Å². The summed E-state index contributed by atoms with van der Waals surface area (Å²) in [6, 6.07) is 8.79. The molecule has 3 rings (SSSR count). The second kappa shape index (κ2) is 5.58. The van der Waals surface area contributed by atoms with Crippen LogP contribution in [0.1, 0.15) is 0 Å². The van der Waals surface area contributed by atoms with E-state index in [0.717, 1.165) is 10.2 Å². The Balaban J connectivity index is 2.01. The van der Waals surface area contributed by atoms with Crippen molar-refractivity contribution in [1.29, 1.82) is 0 Å². The zero-order valence-corrected chi connectivity index (χ0v) is 13.6. The third-order valence-corrected chi connectivity index (χ3v) is 4.57. The summed E-state index contributed by atoms with van der Waals surface area (Å²) >= 11 is 25.6. The molecule has 102 valence electrons. The van der Waals surface area contributed by atoms with Gasteiger partial charge in [-0.2, -0.15) is 0 Å². The molecule has 20 heavy (non-hydrogen) atoms. The summed E-state index contributed by atoms with van der Waals surface area (Å²) in [5.41, 5.74) is 1.45. The summed E-state index contributed by atoms with van der Waals surface area (Å²) in [6.45, 7) is 0. The Bertz CT molecular complexity index is 777. The van der Waals surface area contributed by atoms with Crippen LogP contribution in [0, 0.1) is 0 Å². The number of fused-ring (bicyclic) bond motifs is 1. The summed E-state index contributed by atoms with van der Waals surface area (Å²) in [4.78, 5) is 4.45. The minimum absolute atomic E-state index is 0.444. The van der Waals surface area contributed by atoms with E-state index in [2.05, 4.69) is 10.3 Å². The zero-order chi connectivity index (χ0) is 14.3. The molecule has 0 aliphatic rings. The van der Waals surface area contributed by atoms with E-state index in [1.165, 1.54) is 11.3 Å². The quantitative estimate of drug-likeness (QED) is 0.551. The summed E-state index contributed by atoms with van der Waals surface area (Å²) < 4.78 is 0.987. The maximum absolute atomic E-state index is 6.13. The highest BCUT2D eigenvalue weighted by Crippen LogP contribution is 2.37. The van der Waals surface area contributed by atoms with E-state index in [-0.39, 0.29) is 0 Å². The molecule has 2 aromatic carbocycles. The molecular weight excluding hydrogens is 358 g/mol. The van der Waals surface area contributed by atoms with Crippen LogP contribution in [0.4, 0.5) is 10.8 Å². The Morgan fingerprint density at radius 1 is 0.900 bits per heavy atom. The normalized spacial score (nSPS) is 11.0. The first-order chi connectivity index (χ1) is 9.52. The number of rotatable bonds is 2. The Kier molecular flexibility index (Phi) is 3.98. The maximum atomic E-state index is 6.13. The third kappa shape index (κ3) is 2.83. The predicted molar refractivity (Wildman–Crippen MR) is 89.4 cm³/mol. The van der Waals surface area contributed by atoms with Crippen LogP contribution >= 0.6 is 57.7 Å². The highest BCUT2D eigenvalue weighted by atomic mass is 35.5. The monoisotopic (exact) mass is 362 g/mol. The van der Waals surface area contributed by atoms with Gasteiger partial charge in [0.25, 0.3) is 0 Å². The van der Waals surface area contributed by atoms with Gasteiger partial charge >= 0.3 is 0 Å². The van der Waals surface area contributed by atoms with Crippen LogP contribution in [-0.2, 0) is 0 Å². The first-order valence-corrected chi connectivity index (χ1v) is 7.83. The van der Waals surface area contributed by atoms with E-state index in [4.69, 9.17) is 46.4 Å². The van der Waals surface area contributed by atoms with Gasteiger partial charge < -0.3 is 5.32 Å². The first-order valence-electron chi connectivity index (χ1n) is 5.50. The van der Waals surface area contributed by atoms with Crippen LogP contribution < -0.4 is 5.32 Å². The molecule has 0 fully saturated rings. The van der Waals surface area contributed by atoms with Crippen molar-refractivity contribution in [3.63, 3.8) is 0 Å². The van der Waals surface area contributed by atoms with Crippen molar-refractivity contribution >= 4 is 78.8 Å². The standard InChI is InChI=1S/C13H6Cl4N2S/c14-6-1-2-10-11(5-6)20-13(18-10)19-12-8(16)3-7(15)4-9(12)17/h1-5H,(H,18,19). The predicted octanol–water partition coefficient (Wildman–Crippen LogP) is 6.65. The topological polar surface area (TPSA) is 24.9 Å². The lowest BCUT2D eigenvalue weighted by atomic mass is 10.3. The Morgan fingerprint density at radius 3 is 2.30 bits per heavy atom. The van der Waals surface area contributed by atoms with E-state index in [1.54, 1.807) is 18.2 Å². The van der Waals surface area contributed by atoms with Crippen molar-refractivity contribution in [2.75, 3.05) is 5.32 Å². The van der Waals surface area contributed by atoms with Crippen LogP contribution in [0.25, 0.3) is 10.2 Å². The molecule has 0 radical (unpaired) electrons. The van der Waals surface area contributed by atoms with Gasteiger partial charge in [0.2, 0.25) is 0 Å². The number of hydrogen-bond acceptors (Lipinski definition) is 3. The van der Waals surface area contributed by atoms with Crippen molar-refractivity contribution in [2.45, 2.75) is 0 Å². The van der Waals surface area contributed by atoms with Gasteiger partial charge in [-0.1, -0.05) is 57.7 Å². The first kappa shape index (κ1) is 14.2. The Labute approximate surface area is 139 Å². The van der Waals surface area contributed by atoms with Crippen LogP contribution in [0.3, 0.4) is 0 Å². The molecule has 0 amide bonds. The molecule has 2 nitrogen and oxygen atoms in total. The van der Waals surface area contributed by atoms with Crippen molar-refractivity contribution in [3.05, 3.63) is 50.4 Å². The zero-order valence-electron chi connectivity index (χ0n) is 9.75. The molecule has 7 heteroatoms. The molecule has 0 aliphatic heterocycles. The highest BCUT2D eigenvalue weighted by molar-refractivity contribution is 7.22. The molecule has 1 N–H and O–H groups in total. The number of thiazole rings is 1. The molecule has 0 saturated carbocycles. The van der Waals surface area contributed by atoms with E-state index in [9.17, 15) is 0 Å². The number of aromatic nitrogens is 1. The second-order valence-electron chi connectivity index (χ2n) is 4.00. The van der Waals surface area contributed by atoms with Gasteiger partial charge in [0, 0.05) is 10.0 Å². The molecule has 0 aliphatic carbocycles. The fourth-order valence-corrected chi connectivity index (χ4v) is 3.78. The molecule has 0 spiro atoms. The summed E-state index contributed by atoms with van der Waals surface area (Å²) in [7, 11) is 0. The summed E-state index contributed by atoms with van der Waals surface area (Å²) in [6.07, 6.45) is 0. The third-order valence-electron chi connectivity index (χ3n) is 2.59. The fraction of sp³-hybridized carbons (Fsp3) is 0. The van der Waals surface area contributed by atoms with E-state index in [0.29, 0.717) is 30.9 Å². The molecule has 0 unspecified atom stereocenters.